The van der Waals surface area contributed by atoms with Crippen molar-refractivity contribution in [2.45, 2.75) is 18.9 Å². The topological polar surface area (TPSA) is 75.6 Å². The third-order valence-electron chi connectivity index (χ3n) is 4.97. The summed E-state index contributed by atoms with van der Waals surface area (Å²) in [7, 11) is 0. The van der Waals surface area contributed by atoms with Gasteiger partial charge in [0.25, 0.3) is 11.8 Å². The minimum atomic E-state index is -0.659. The Bertz CT molecular complexity index is 889. The van der Waals surface area contributed by atoms with Crippen LogP contribution in [0.3, 0.4) is 0 Å². The first-order valence-corrected chi connectivity index (χ1v) is 8.74. The molecule has 0 aliphatic carbocycles. The van der Waals surface area contributed by atoms with Crippen LogP contribution in [0.1, 0.15) is 22.6 Å². The molecule has 0 saturated carbocycles. The number of aromatic nitrogens is 2. The number of anilines is 1. The quantitative estimate of drug-likeness (QED) is 0.802. The van der Waals surface area contributed by atoms with E-state index in [0.717, 1.165) is 5.69 Å². The lowest BCUT2D eigenvalue weighted by Crippen LogP contribution is -2.56. The predicted molar refractivity (Wildman–Crippen MR) is 94.7 cm³/mol. The molecule has 2 aromatic rings. The third kappa shape index (κ3) is 3.40. The summed E-state index contributed by atoms with van der Waals surface area (Å²) in [5.74, 6) is -0.834. The fourth-order valence-corrected chi connectivity index (χ4v) is 3.52. The van der Waals surface area contributed by atoms with Gasteiger partial charge in [-0.05, 0) is 31.5 Å². The van der Waals surface area contributed by atoms with Gasteiger partial charge in [-0.2, -0.15) is 0 Å². The largest absolute Gasteiger partial charge is 0.361 e. The highest BCUT2D eigenvalue weighted by Gasteiger charge is 2.47. The molecule has 8 heteroatoms. The molecular formula is C19H19FN4O3. The number of carbonyl (C=O) groups is 2. The normalized spacial score (nSPS) is 22.5. The number of benzene rings is 1. The molecular weight excluding hydrogens is 351 g/mol. The van der Waals surface area contributed by atoms with E-state index in [1.54, 1.807) is 30.2 Å². The third-order valence-corrected chi connectivity index (χ3v) is 4.97. The average Bonchev–Trinajstić information content (AvgIpc) is 3.08. The number of morpholine rings is 1. The molecule has 27 heavy (non-hydrogen) atoms. The molecule has 140 valence electrons. The first-order valence-electron chi connectivity index (χ1n) is 8.74. The molecule has 3 heterocycles. The van der Waals surface area contributed by atoms with Crippen LogP contribution in [0.2, 0.25) is 0 Å². The lowest BCUT2D eigenvalue weighted by Gasteiger charge is -2.40. The lowest BCUT2D eigenvalue weighted by molar-refractivity contribution is -0.137. The van der Waals surface area contributed by atoms with E-state index in [1.165, 1.54) is 23.2 Å². The van der Waals surface area contributed by atoms with E-state index >= 15 is 0 Å². The number of hydrogen-bond acceptors (Lipinski definition) is 5. The van der Waals surface area contributed by atoms with Gasteiger partial charge in [-0.1, -0.05) is 6.07 Å². The minimum Gasteiger partial charge on any atom is -0.361 e. The van der Waals surface area contributed by atoms with Crippen molar-refractivity contribution in [3.05, 3.63) is 53.9 Å². The highest BCUT2D eigenvalue weighted by atomic mass is 19.1. The number of aryl methyl sites for hydroxylation is 1. The van der Waals surface area contributed by atoms with E-state index in [-0.39, 0.29) is 30.7 Å². The van der Waals surface area contributed by atoms with Crippen molar-refractivity contribution in [3.63, 3.8) is 0 Å². The second kappa shape index (κ2) is 6.70. The molecule has 2 saturated heterocycles. The molecule has 1 unspecified atom stereocenters. The molecule has 1 aromatic carbocycles. The van der Waals surface area contributed by atoms with E-state index in [1.807, 2.05) is 0 Å². The number of ether oxygens (including phenoxy) is 1. The Labute approximate surface area is 155 Å². The van der Waals surface area contributed by atoms with Crippen LogP contribution in [-0.2, 0) is 9.53 Å². The van der Waals surface area contributed by atoms with Crippen molar-refractivity contribution in [3.8, 4) is 0 Å². The number of halogens is 1. The van der Waals surface area contributed by atoms with Gasteiger partial charge < -0.3 is 14.5 Å². The van der Waals surface area contributed by atoms with Crippen LogP contribution in [0, 0.1) is 12.7 Å². The van der Waals surface area contributed by atoms with Gasteiger partial charge in [0.05, 0.1) is 25.0 Å². The summed E-state index contributed by atoms with van der Waals surface area (Å²) in [5.41, 5.74) is 0.862. The van der Waals surface area contributed by atoms with Crippen molar-refractivity contribution >= 4 is 17.5 Å². The Morgan fingerprint density at radius 1 is 1.26 bits per heavy atom. The summed E-state index contributed by atoms with van der Waals surface area (Å²) in [5, 5.41) is 0. The van der Waals surface area contributed by atoms with Crippen LogP contribution in [0.25, 0.3) is 0 Å². The van der Waals surface area contributed by atoms with Gasteiger partial charge in [-0.15, -0.1) is 0 Å². The second-order valence-corrected chi connectivity index (χ2v) is 6.95. The van der Waals surface area contributed by atoms with E-state index in [2.05, 4.69) is 9.97 Å². The molecule has 1 spiro atoms. The highest BCUT2D eigenvalue weighted by molar-refractivity contribution is 5.95. The van der Waals surface area contributed by atoms with Gasteiger partial charge in [-0.25, -0.2) is 9.37 Å². The van der Waals surface area contributed by atoms with Gasteiger partial charge in [0.1, 0.15) is 23.7 Å². The molecule has 2 aliphatic heterocycles. The van der Waals surface area contributed by atoms with Crippen molar-refractivity contribution < 1.29 is 18.7 Å². The maximum atomic E-state index is 13.6. The Morgan fingerprint density at radius 2 is 2.11 bits per heavy atom. The number of amides is 2. The fraction of sp³-hybridized carbons (Fsp3) is 0.368. The van der Waals surface area contributed by atoms with Crippen LogP contribution in [0.4, 0.5) is 10.1 Å². The molecule has 1 atom stereocenters. The number of rotatable bonds is 2. The SMILES string of the molecule is Cc1cnc(C(=O)N2CCC3(C2)CN(c2cccc(F)c2)C(=O)CO3)cn1. The molecule has 2 aliphatic rings. The lowest BCUT2D eigenvalue weighted by atomic mass is 10.00. The van der Waals surface area contributed by atoms with E-state index in [4.69, 9.17) is 4.74 Å². The van der Waals surface area contributed by atoms with Gasteiger partial charge in [0, 0.05) is 18.4 Å². The van der Waals surface area contributed by atoms with Crippen molar-refractivity contribution in [2.24, 2.45) is 0 Å². The van der Waals surface area contributed by atoms with E-state index < -0.39 is 11.4 Å². The fourth-order valence-electron chi connectivity index (χ4n) is 3.52. The summed E-state index contributed by atoms with van der Waals surface area (Å²) in [6.45, 7) is 2.83. The monoisotopic (exact) mass is 370 g/mol. The Morgan fingerprint density at radius 3 is 2.85 bits per heavy atom. The molecule has 2 amide bonds. The van der Waals surface area contributed by atoms with Crippen molar-refractivity contribution in [1.82, 2.24) is 14.9 Å². The van der Waals surface area contributed by atoms with Crippen LogP contribution >= 0.6 is 0 Å². The zero-order valence-corrected chi connectivity index (χ0v) is 14.9. The van der Waals surface area contributed by atoms with Crippen LogP contribution in [0.15, 0.2) is 36.7 Å². The standard InChI is InChI=1S/C19H19FN4O3/c1-13-8-22-16(9-21-13)18(26)23-6-5-19(11-23)12-24(17(25)10-27-19)15-4-2-3-14(20)7-15/h2-4,7-9H,5-6,10-12H2,1H3. The predicted octanol–water partition coefficient (Wildman–Crippen LogP) is 1.57. The zero-order valence-electron chi connectivity index (χ0n) is 14.9. The maximum absolute atomic E-state index is 13.6. The maximum Gasteiger partial charge on any atom is 0.274 e. The summed E-state index contributed by atoms with van der Waals surface area (Å²) in [6.07, 6.45) is 3.62. The summed E-state index contributed by atoms with van der Waals surface area (Å²) >= 11 is 0. The van der Waals surface area contributed by atoms with E-state index in [9.17, 15) is 14.0 Å². The first-order chi connectivity index (χ1) is 13.0. The van der Waals surface area contributed by atoms with Crippen LogP contribution in [-0.4, -0.2) is 58.5 Å². The van der Waals surface area contributed by atoms with Gasteiger partial charge in [0.15, 0.2) is 0 Å². The molecule has 1 aromatic heterocycles. The van der Waals surface area contributed by atoms with E-state index in [0.29, 0.717) is 25.2 Å². The molecule has 0 bridgehead atoms. The molecule has 0 N–H and O–H groups in total. The van der Waals surface area contributed by atoms with Crippen molar-refractivity contribution in [1.29, 1.82) is 0 Å². The minimum absolute atomic E-state index is 0.0944. The van der Waals surface area contributed by atoms with Gasteiger partial charge >= 0.3 is 0 Å². The number of carbonyl (C=O) groups excluding carboxylic acids is 2. The Hall–Kier alpha value is -2.87. The molecule has 0 radical (unpaired) electrons. The second-order valence-electron chi connectivity index (χ2n) is 6.95. The van der Waals surface area contributed by atoms with Crippen molar-refractivity contribution in [2.75, 3.05) is 31.1 Å². The average molecular weight is 370 g/mol. The van der Waals surface area contributed by atoms with Gasteiger partial charge in [0.2, 0.25) is 0 Å². The first kappa shape index (κ1) is 17.5. The van der Waals surface area contributed by atoms with Gasteiger partial charge in [-0.3, -0.25) is 14.6 Å². The smallest absolute Gasteiger partial charge is 0.274 e. The summed E-state index contributed by atoms with van der Waals surface area (Å²) < 4.78 is 19.4. The Balaban J connectivity index is 1.51. The molecule has 7 nitrogen and oxygen atoms in total. The summed E-state index contributed by atoms with van der Waals surface area (Å²) in [6, 6.07) is 5.93. The number of hydrogen-bond donors (Lipinski definition) is 0. The Kier molecular flexibility index (Phi) is 4.35. The number of likely N-dealkylation sites (tertiary alicyclic amines) is 1. The van der Waals surface area contributed by atoms with Crippen LogP contribution in [0.5, 0.6) is 0 Å². The molecule has 4 rings (SSSR count). The van der Waals surface area contributed by atoms with Crippen LogP contribution < -0.4 is 4.90 Å². The zero-order chi connectivity index (χ0) is 19.0. The highest BCUT2D eigenvalue weighted by Crippen LogP contribution is 2.32. The number of nitrogens with zero attached hydrogens (tertiary/aromatic N) is 4. The molecule has 2 fully saturated rings. The summed E-state index contributed by atoms with van der Waals surface area (Å²) in [4.78, 5) is 36.4.